The van der Waals surface area contributed by atoms with Crippen LogP contribution in [0.4, 0.5) is 5.69 Å². The number of ether oxygens (including phenoxy) is 1. The van der Waals surface area contributed by atoms with Gasteiger partial charge in [-0.15, -0.1) is 0 Å². The minimum absolute atomic E-state index is 0.159. The Morgan fingerprint density at radius 1 is 1.50 bits per heavy atom. The van der Waals surface area contributed by atoms with Gasteiger partial charge in [-0.1, -0.05) is 12.1 Å². The number of hydrogen-bond donors (Lipinski definition) is 2. The molecule has 0 amide bonds. The van der Waals surface area contributed by atoms with Crippen LogP contribution in [0.1, 0.15) is 5.56 Å². The highest BCUT2D eigenvalue weighted by Gasteiger charge is 2.10. The number of aliphatic hydroxyl groups is 1. The number of aromatic nitrogens is 2. The third-order valence-electron chi connectivity index (χ3n) is 3.04. The van der Waals surface area contributed by atoms with Crippen LogP contribution in [-0.4, -0.2) is 34.1 Å². The van der Waals surface area contributed by atoms with E-state index in [0.29, 0.717) is 10.2 Å². The van der Waals surface area contributed by atoms with Gasteiger partial charge in [0.15, 0.2) is 0 Å². The monoisotopic (exact) mass is 367 g/mol. The van der Waals surface area contributed by atoms with E-state index in [1.807, 2.05) is 31.2 Å². The number of aryl methyl sites for hydroxylation is 2. The number of halogens is 1. The minimum atomic E-state index is -0.712. The molecule has 7 heteroatoms. The Labute approximate surface area is 136 Å². The van der Waals surface area contributed by atoms with Gasteiger partial charge < -0.3 is 15.2 Å². The van der Waals surface area contributed by atoms with Gasteiger partial charge in [0.25, 0.3) is 5.56 Å². The number of anilines is 1. The molecule has 118 valence electrons. The van der Waals surface area contributed by atoms with E-state index < -0.39 is 6.10 Å². The highest BCUT2D eigenvalue weighted by Crippen LogP contribution is 2.16. The zero-order valence-electron chi connectivity index (χ0n) is 12.4. The quantitative estimate of drug-likeness (QED) is 0.812. The predicted molar refractivity (Wildman–Crippen MR) is 88.3 cm³/mol. The SMILES string of the molecule is Cc1cccc(OCC(O)CNc2cnn(C)c(=O)c2Br)c1. The van der Waals surface area contributed by atoms with Gasteiger partial charge in [-0.25, -0.2) is 4.68 Å². The van der Waals surface area contributed by atoms with Gasteiger partial charge in [0, 0.05) is 13.6 Å². The third kappa shape index (κ3) is 4.32. The molecule has 1 atom stereocenters. The second-order valence-corrected chi connectivity index (χ2v) is 5.76. The Morgan fingerprint density at radius 3 is 3.00 bits per heavy atom. The molecule has 0 saturated carbocycles. The van der Waals surface area contributed by atoms with Crippen molar-refractivity contribution in [1.29, 1.82) is 0 Å². The summed E-state index contributed by atoms with van der Waals surface area (Å²) in [7, 11) is 1.57. The van der Waals surface area contributed by atoms with Crippen LogP contribution in [0.3, 0.4) is 0 Å². The Bertz CT molecular complexity index is 703. The average Bonchev–Trinajstić information content (AvgIpc) is 2.50. The van der Waals surface area contributed by atoms with E-state index in [1.165, 1.54) is 10.9 Å². The first-order chi connectivity index (χ1) is 10.5. The average molecular weight is 368 g/mol. The molecular weight excluding hydrogens is 350 g/mol. The molecule has 1 heterocycles. The molecule has 0 aliphatic heterocycles. The van der Waals surface area contributed by atoms with E-state index in [2.05, 4.69) is 26.3 Å². The van der Waals surface area contributed by atoms with Crippen molar-refractivity contribution < 1.29 is 9.84 Å². The van der Waals surface area contributed by atoms with E-state index in [0.717, 1.165) is 11.3 Å². The van der Waals surface area contributed by atoms with Gasteiger partial charge in [-0.05, 0) is 40.5 Å². The van der Waals surface area contributed by atoms with Crippen molar-refractivity contribution in [2.45, 2.75) is 13.0 Å². The number of rotatable bonds is 6. The zero-order chi connectivity index (χ0) is 16.1. The molecule has 2 rings (SSSR count). The standard InChI is InChI=1S/C15H18BrN3O3/c1-10-4-3-5-12(6-10)22-9-11(20)7-17-13-8-18-19(2)15(21)14(13)16/h3-6,8,11,17,20H,7,9H2,1-2H3. The highest BCUT2D eigenvalue weighted by molar-refractivity contribution is 9.10. The fraction of sp³-hybridized carbons (Fsp3) is 0.333. The van der Waals surface area contributed by atoms with Crippen LogP contribution in [0, 0.1) is 6.92 Å². The molecule has 6 nitrogen and oxygen atoms in total. The van der Waals surface area contributed by atoms with Crippen molar-refractivity contribution >= 4 is 21.6 Å². The minimum Gasteiger partial charge on any atom is -0.491 e. The molecule has 0 fully saturated rings. The largest absolute Gasteiger partial charge is 0.491 e. The Morgan fingerprint density at radius 2 is 2.27 bits per heavy atom. The first kappa shape index (κ1) is 16.5. The summed E-state index contributed by atoms with van der Waals surface area (Å²) in [5, 5.41) is 16.8. The first-order valence-corrected chi connectivity index (χ1v) is 7.60. The van der Waals surface area contributed by atoms with Crippen molar-refractivity contribution in [2.75, 3.05) is 18.5 Å². The lowest BCUT2D eigenvalue weighted by Crippen LogP contribution is -2.28. The molecule has 0 spiro atoms. The second kappa shape index (κ2) is 7.42. The summed E-state index contributed by atoms with van der Waals surface area (Å²) in [6, 6.07) is 7.62. The predicted octanol–water partition coefficient (Wildman–Crippen LogP) is 1.70. The first-order valence-electron chi connectivity index (χ1n) is 6.80. The summed E-state index contributed by atoms with van der Waals surface area (Å²) in [4.78, 5) is 11.7. The maximum atomic E-state index is 11.7. The van der Waals surface area contributed by atoms with Crippen LogP contribution in [0.25, 0.3) is 0 Å². The van der Waals surface area contributed by atoms with Gasteiger partial charge in [0.05, 0.1) is 11.9 Å². The molecule has 2 aromatic rings. The summed E-state index contributed by atoms with van der Waals surface area (Å²) >= 11 is 3.22. The van der Waals surface area contributed by atoms with E-state index in [4.69, 9.17) is 4.74 Å². The normalized spacial score (nSPS) is 12.0. The number of aliphatic hydroxyl groups excluding tert-OH is 1. The number of hydrogen-bond acceptors (Lipinski definition) is 5. The summed E-state index contributed by atoms with van der Waals surface area (Å²) in [6.07, 6.45) is 0.816. The Kier molecular flexibility index (Phi) is 5.57. The summed E-state index contributed by atoms with van der Waals surface area (Å²) in [6.45, 7) is 2.39. The van der Waals surface area contributed by atoms with Gasteiger partial charge in [-0.3, -0.25) is 4.79 Å². The van der Waals surface area contributed by atoms with E-state index >= 15 is 0 Å². The molecule has 1 aromatic carbocycles. The maximum absolute atomic E-state index is 11.7. The van der Waals surface area contributed by atoms with E-state index in [-0.39, 0.29) is 18.7 Å². The number of nitrogens with one attached hydrogen (secondary N) is 1. The second-order valence-electron chi connectivity index (χ2n) is 4.96. The topological polar surface area (TPSA) is 76.4 Å². The van der Waals surface area contributed by atoms with Crippen molar-refractivity contribution in [3.8, 4) is 5.75 Å². The molecule has 0 aliphatic carbocycles. The molecule has 1 aromatic heterocycles. The van der Waals surface area contributed by atoms with Gasteiger partial charge in [-0.2, -0.15) is 5.10 Å². The van der Waals surface area contributed by atoms with Crippen LogP contribution < -0.4 is 15.6 Å². The molecule has 0 saturated heterocycles. The third-order valence-corrected chi connectivity index (χ3v) is 3.80. The van der Waals surface area contributed by atoms with Crippen LogP contribution in [0.15, 0.2) is 39.7 Å². The van der Waals surface area contributed by atoms with Gasteiger partial charge in [0.2, 0.25) is 0 Å². The van der Waals surface area contributed by atoms with Gasteiger partial charge >= 0.3 is 0 Å². The van der Waals surface area contributed by atoms with Crippen LogP contribution >= 0.6 is 15.9 Å². The van der Waals surface area contributed by atoms with Crippen molar-refractivity contribution in [3.63, 3.8) is 0 Å². The molecule has 0 bridgehead atoms. The highest BCUT2D eigenvalue weighted by atomic mass is 79.9. The smallest absolute Gasteiger partial charge is 0.282 e. The fourth-order valence-electron chi connectivity index (χ4n) is 1.82. The molecule has 0 radical (unpaired) electrons. The number of benzene rings is 1. The molecule has 22 heavy (non-hydrogen) atoms. The molecule has 0 aliphatic rings. The van der Waals surface area contributed by atoms with Crippen LogP contribution in [-0.2, 0) is 7.05 Å². The van der Waals surface area contributed by atoms with Crippen LogP contribution in [0.5, 0.6) is 5.75 Å². The molecular formula is C15H18BrN3O3. The lowest BCUT2D eigenvalue weighted by molar-refractivity contribution is 0.117. The fourth-order valence-corrected chi connectivity index (χ4v) is 2.32. The Balaban J connectivity index is 1.87. The Hall–Kier alpha value is -1.86. The van der Waals surface area contributed by atoms with Crippen molar-refractivity contribution in [3.05, 3.63) is 50.9 Å². The zero-order valence-corrected chi connectivity index (χ0v) is 14.0. The lowest BCUT2D eigenvalue weighted by Gasteiger charge is -2.15. The lowest BCUT2D eigenvalue weighted by atomic mass is 10.2. The summed E-state index contributed by atoms with van der Waals surface area (Å²) < 4.78 is 7.14. The van der Waals surface area contributed by atoms with E-state index in [9.17, 15) is 9.90 Å². The molecule has 1 unspecified atom stereocenters. The van der Waals surface area contributed by atoms with Crippen molar-refractivity contribution in [2.24, 2.45) is 7.05 Å². The maximum Gasteiger partial charge on any atom is 0.282 e. The van der Waals surface area contributed by atoms with E-state index in [1.54, 1.807) is 7.05 Å². The van der Waals surface area contributed by atoms with Gasteiger partial charge in [0.1, 0.15) is 22.9 Å². The van der Waals surface area contributed by atoms with Crippen molar-refractivity contribution in [1.82, 2.24) is 9.78 Å². The number of nitrogens with zero attached hydrogens (tertiary/aromatic N) is 2. The summed E-state index contributed by atoms with van der Waals surface area (Å²) in [5.41, 5.74) is 1.40. The van der Waals surface area contributed by atoms with Crippen LogP contribution in [0.2, 0.25) is 0 Å². The summed E-state index contributed by atoms with van der Waals surface area (Å²) in [5.74, 6) is 0.718. The molecule has 2 N–H and O–H groups in total.